The quantitative estimate of drug-likeness (QED) is 0.865. The second kappa shape index (κ2) is 5.66. The summed E-state index contributed by atoms with van der Waals surface area (Å²) in [5.74, 6) is -0.646. The lowest BCUT2D eigenvalue weighted by atomic mass is 10.2. The molecule has 0 saturated carbocycles. The Morgan fingerprint density at radius 2 is 2.10 bits per heavy atom. The average Bonchev–Trinajstić information content (AvgIpc) is 2.76. The van der Waals surface area contributed by atoms with Crippen molar-refractivity contribution in [1.29, 1.82) is 0 Å². The highest BCUT2D eigenvalue weighted by molar-refractivity contribution is 7.89. The minimum atomic E-state index is -3.81. The molecule has 2 N–H and O–H groups in total. The van der Waals surface area contributed by atoms with E-state index in [0.717, 1.165) is 6.07 Å². The molecule has 0 saturated heterocycles. The van der Waals surface area contributed by atoms with Gasteiger partial charge in [-0.2, -0.15) is 0 Å². The number of carbonyl (C=O) groups is 1. The van der Waals surface area contributed by atoms with Crippen LogP contribution in [0.1, 0.15) is 27.4 Å². The second-order valence-electron chi connectivity index (χ2n) is 4.46. The molecular weight excluding hydrogens is 296 g/mol. The number of aromatic carboxylic acids is 1. The Bertz CT molecular complexity index is 760. The molecule has 0 bridgehead atoms. The molecule has 0 unspecified atom stereocenters. The summed E-state index contributed by atoms with van der Waals surface area (Å²) in [7, 11) is -3.81. The van der Waals surface area contributed by atoms with Crippen molar-refractivity contribution in [2.75, 3.05) is 0 Å². The van der Waals surface area contributed by atoms with E-state index in [0.29, 0.717) is 17.0 Å². The minimum Gasteiger partial charge on any atom is -0.478 e. The number of aromatic nitrogens is 1. The zero-order valence-corrected chi connectivity index (χ0v) is 12.3. The summed E-state index contributed by atoms with van der Waals surface area (Å²) in [5, 5.41) is 12.6. The molecule has 0 radical (unpaired) electrons. The van der Waals surface area contributed by atoms with E-state index < -0.39 is 16.0 Å². The highest BCUT2D eigenvalue weighted by atomic mass is 32.2. The second-order valence-corrected chi connectivity index (χ2v) is 6.23. The first-order valence-electron chi connectivity index (χ1n) is 6.06. The molecule has 8 heteroatoms. The van der Waals surface area contributed by atoms with Gasteiger partial charge in [-0.1, -0.05) is 11.2 Å². The highest BCUT2D eigenvalue weighted by Gasteiger charge is 2.18. The standard InChI is InChI=1S/C13H14N2O5S/c1-8-12(9(2)20-15-8)7-14-21(18,19)11-5-3-4-10(6-11)13(16)17/h3-6,14H,7H2,1-2H3,(H,16,17). The summed E-state index contributed by atoms with van der Waals surface area (Å²) < 4.78 is 31.7. The van der Waals surface area contributed by atoms with Crippen LogP contribution < -0.4 is 4.72 Å². The molecule has 0 fully saturated rings. The maximum absolute atomic E-state index is 12.2. The summed E-state index contributed by atoms with van der Waals surface area (Å²) in [6.07, 6.45) is 0. The molecule has 2 aromatic rings. The zero-order valence-electron chi connectivity index (χ0n) is 11.5. The van der Waals surface area contributed by atoms with Gasteiger partial charge in [-0.25, -0.2) is 17.9 Å². The van der Waals surface area contributed by atoms with Gasteiger partial charge in [0.15, 0.2) is 0 Å². The van der Waals surface area contributed by atoms with Crippen molar-refractivity contribution in [3.63, 3.8) is 0 Å². The third kappa shape index (κ3) is 3.29. The molecule has 0 aliphatic heterocycles. The lowest BCUT2D eigenvalue weighted by Gasteiger charge is -2.07. The van der Waals surface area contributed by atoms with E-state index in [1.54, 1.807) is 13.8 Å². The fraction of sp³-hybridized carbons (Fsp3) is 0.231. The van der Waals surface area contributed by atoms with Gasteiger partial charge in [0, 0.05) is 12.1 Å². The van der Waals surface area contributed by atoms with Gasteiger partial charge in [0.1, 0.15) is 5.76 Å². The van der Waals surface area contributed by atoms with Gasteiger partial charge in [0.05, 0.1) is 16.2 Å². The number of sulfonamides is 1. The van der Waals surface area contributed by atoms with Crippen LogP contribution in [0.15, 0.2) is 33.7 Å². The van der Waals surface area contributed by atoms with Gasteiger partial charge >= 0.3 is 5.97 Å². The zero-order chi connectivity index (χ0) is 15.6. The first-order valence-corrected chi connectivity index (χ1v) is 7.54. The van der Waals surface area contributed by atoms with E-state index in [9.17, 15) is 13.2 Å². The molecule has 21 heavy (non-hydrogen) atoms. The fourth-order valence-electron chi connectivity index (χ4n) is 1.80. The number of rotatable bonds is 5. The third-order valence-electron chi connectivity index (χ3n) is 3.01. The molecule has 1 aromatic carbocycles. The average molecular weight is 310 g/mol. The summed E-state index contributed by atoms with van der Waals surface area (Å²) in [4.78, 5) is 10.8. The van der Waals surface area contributed by atoms with E-state index in [-0.39, 0.29) is 17.0 Å². The number of carboxylic acids is 1. The van der Waals surface area contributed by atoms with Crippen molar-refractivity contribution in [3.05, 3.63) is 46.8 Å². The predicted octanol–water partition coefficient (Wildman–Crippen LogP) is 1.47. The SMILES string of the molecule is Cc1noc(C)c1CNS(=O)(=O)c1cccc(C(=O)O)c1. The van der Waals surface area contributed by atoms with Gasteiger partial charge in [0.25, 0.3) is 0 Å². The number of hydrogen-bond donors (Lipinski definition) is 2. The van der Waals surface area contributed by atoms with Gasteiger partial charge in [0.2, 0.25) is 10.0 Å². The van der Waals surface area contributed by atoms with Crippen molar-refractivity contribution in [1.82, 2.24) is 9.88 Å². The Morgan fingerprint density at radius 1 is 1.38 bits per heavy atom. The van der Waals surface area contributed by atoms with Crippen molar-refractivity contribution in [2.24, 2.45) is 0 Å². The van der Waals surface area contributed by atoms with Gasteiger partial charge in [-0.15, -0.1) is 0 Å². The topological polar surface area (TPSA) is 110 Å². The van der Waals surface area contributed by atoms with E-state index in [1.807, 2.05) is 0 Å². The van der Waals surface area contributed by atoms with Gasteiger partial charge < -0.3 is 9.63 Å². The summed E-state index contributed by atoms with van der Waals surface area (Å²) in [6, 6.07) is 5.16. The molecule has 1 aromatic heterocycles. The number of aryl methyl sites for hydroxylation is 2. The van der Waals surface area contributed by atoms with E-state index in [2.05, 4.69) is 9.88 Å². The Labute approximate surface area is 121 Å². The van der Waals surface area contributed by atoms with Crippen LogP contribution in [-0.2, 0) is 16.6 Å². The summed E-state index contributed by atoms with van der Waals surface area (Å²) in [6.45, 7) is 3.43. The van der Waals surface area contributed by atoms with Gasteiger partial charge in [-0.3, -0.25) is 0 Å². The number of nitrogens with one attached hydrogen (secondary N) is 1. The Kier molecular flexibility index (Phi) is 4.10. The Morgan fingerprint density at radius 3 is 2.67 bits per heavy atom. The molecule has 0 spiro atoms. The number of hydrogen-bond acceptors (Lipinski definition) is 5. The third-order valence-corrected chi connectivity index (χ3v) is 4.41. The maximum atomic E-state index is 12.2. The number of nitrogens with zero attached hydrogens (tertiary/aromatic N) is 1. The van der Waals surface area contributed by atoms with Crippen LogP contribution >= 0.6 is 0 Å². The van der Waals surface area contributed by atoms with Crippen molar-refractivity contribution in [2.45, 2.75) is 25.3 Å². The van der Waals surface area contributed by atoms with Crippen LogP contribution in [0.2, 0.25) is 0 Å². The maximum Gasteiger partial charge on any atom is 0.335 e. The lowest BCUT2D eigenvalue weighted by Crippen LogP contribution is -2.24. The normalized spacial score (nSPS) is 11.5. The van der Waals surface area contributed by atoms with E-state index >= 15 is 0 Å². The monoisotopic (exact) mass is 310 g/mol. The smallest absolute Gasteiger partial charge is 0.335 e. The minimum absolute atomic E-state index is 0.0286. The van der Waals surface area contributed by atoms with E-state index in [4.69, 9.17) is 9.63 Å². The van der Waals surface area contributed by atoms with E-state index in [1.165, 1.54) is 18.2 Å². The molecule has 2 rings (SSSR count). The molecule has 0 amide bonds. The predicted molar refractivity (Wildman–Crippen MR) is 73.4 cm³/mol. The van der Waals surface area contributed by atoms with Crippen LogP contribution in [-0.4, -0.2) is 24.7 Å². The van der Waals surface area contributed by atoms with Crippen molar-refractivity contribution < 1.29 is 22.8 Å². The summed E-state index contributed by atoms with van der Waals surface area (Å²) >= 11 is 0. The first kappa shape index (κ1) is 15.2. The summed E-state index contributed by atoms with van der Waals surface area (Å²) in [5.41, 5.74) is 1.18. The largest absolute Gasteiger partial charge is 0.478 e. The molecule has 0 aliphatic carbocycles. The molecule has 0 aliphatic rings. The Hall–Kier alpha value is -2.19. The molecular formula is C13H14N2O5S. The highest BCUT2D eigenvalue weighted by Crippen LogP contribution is 2.15. The molecule has 1 heterocycles. The molecule has 7 nitrogen and oxygen atoms in total. The van der Waals surface area contributed by atoms with Crippen LogP contribution in [0, 0.1) is 13.8 Å². The molecule has 112 valence electrons. The Balaban J connectivity index is 2.23. The van der Waals surface area contributed by atoms with Crippen molar-refractivity contribution in [3.8, 4) is 0 Å². The number of carboxylic acid groups (broad SMARTS) is 1. The van der Waals surface area contributed by atoms with Crippen LogP contribution in [0.4, 0.5) is 0 Å². The van der Waals surface area contributed by atoms with Gasteiger partial charge in [-0.05, 0) is 32.0 Å². The fourth-order valence-corrected chi connectivity index (χ4v) is 2.84. The van der Waals surface area contributed by atoms with Crippen LogP contribution in [0.25, 0.3) is 0 Å². The van der Waals surface area contributed by atoms with Crippen LogP contribution in [0.3, 0.4) is 0 Å². The number of benzene rings is 1. The molecule has 0 atom stereocenters. The lowest BCUT2D eigenvalue weighted by molar-refractivity contribution is 0.0696. The van der Waals surface area contributed by atoms with Crippen LogP contribution in [0.5, 0.6) is 0 Å². The first-order chi connectivity index (χ1) is 9.81. The van der Waals surface area contributed by atoms with Crippen molar-refractivity contribution >= 4 is 16.0 Å².